The van der Waals surface area contributed by atoms with Crippen LogP contribution in [0.1, 0.15) is 36.5 Å². The van der Waals surface area contributed by atoms with Crippen molar-refractivity contribution in [2.45, 2.75) is 25.8 Å². The topological polar surface area (TPSA) is 93.1 Å². The van der Waals surface area contributed by atoms with Crippen LogP contribution in [-0.4, -0.2) is 48.8 Å². The smallest absolute Gasteiger partial charge is 0.338 e. The minimum Gasteiger partial charge on any atom is -0.480 e. The average Bonchev–Trinajstić information content (AvgIpc) is 3.28. The number of hydrogen-bond donors (Lipinski definition) is 1. The van der Waals surface area contributed by atoms with Crippen LogP contribution in [0.5, 0.6) is 0 Å². The Morgan fingerprint density at radius 2 is 1.59 bits per heavy atom. The molecule has 1 heterocycles. The molecule has 3 aromatic rings. The van der Waals surface area contributed by atoms with Gasteiger partial charge in [-0.2, -0.15) is 0 Å². The van der Waals surface area contributed by atoms with Crippen molar-refractivity contribution in [1.82, 2.24) is 0 Å². The van der Waals surface area contributed by atoms with Crippen molar-refractivity contribution in [1.29, 1.82) is 0 Å². The fraction of sp³-hybridized carbons (Fsp3) is 0.290. The molecule has 3 atom stereocenters. The predicted molar refractivity (Wildman–Crippen MR) is 151 cm³/mol. The second-order valence-corrected chi connectivity index (χ2v) is 11.7. The van der Waals surface area contributed by atoms with Crippen LogP contribution in [0, 0.1) is 5.92 Å². The zero-order chi connectivity index (χ0) is 27.6. The van der Waals surface area contributed by atoms with Gasteiger partial charge < -0.3 is 19.1 Å². The molecule has 1 N–H and O–H groups in total. The second-order valence-electron chi connectivity index (χ2n) is 9.63. The lowest BCUT2D eigenvalue weighted by Gasteiger charge is -2.38. The van der Waals surface area contributed by atoms with Crippen LogP contribution in [0.3, 0.4) is 0 Å². The molecule has 3 aromatic carbocycles. The number of hydrogen-bond acceptors (Lipinski definition) is 6. The fourth-order valence-electron chi connectivity index (χ4n) is 5.85. The Morgan fingerprint density at radius 3 is 2.28 bits per heavy atom. The average molecular weight is 546 g/mol. The van der Waals surface area contributed by atoms with Gasteiger partial charge in [-0.05, 0) is 47.7 Å². The minimum absolute atomic E-state index is 0.0840. The summed E-state index contributed by atoms with van der Waals surface area (Å²) in [6.07, 6.45) is 2.95. The van der Waals surface area contributed by atoms with Gasteiger partial charge >= 0.3 is 13.6 Å². The van der Waals surface area contributed by atoms with E-state index in [1.807, 2.05) is 48.5 Å². The van der Waals surface area contributed by atoms with Crippen LogP contribution < -0.4 is 4.90 Å². The number of rotatable bonds is 10. The van der Waals surface area contributed by atoms with Gasteiger partial charge in [0.1, 0.15) is 12.2 Å². The number of Topliss-reactive ketones (excluding diaryl/α,β-unsaturated/α-hetero) is 1. The van der Waals surface area contributed by atoms with E-state index in [1.165, 1.54) is 0 Å². The maximum atomic E-state index is 13.5. The summed E-state index contributed by atoms with van der Waals surface area (Å²) < 4.78 is 23.8. The van der Waals surface area contributed by atoms with Gasteiger partial charge in [0.05, 0.1) is 19.1 Å². The van der Waals surface area contributed by atoms with Gasteiger partial charge in [-0.1, -0.05) is 78.9 Å². The third-order valence-electron chi connectivity index (χ3n) is 7.32. The number of carbonyl (C=O) groups is 2. The molecule has 8 heteroatoms. The molecule has 0 radical (unpaired) electrons. The molecule has 0 saturated heterocycles. The largest absolute Gasteiger partial charge is 0.480 e. The highest BCUT2D eigenvalue weighted by atomic mass is 31.2. The number of benzene rings is 3. The van der Waals surface area contributed by atoms with Crippen LogP contribution in [0.2, 0.25) is 0 Å². The molecule has 1 aliphatic heterocycles. The first-order valence-electron chi connectivity index (χ1n) is 13.2. The van der Waals surface area contributed by atoms with E-state index in [2.05, 4.69) is 30.3 Å². The van der Waals surface area contributed by atoms with Gasteiger partial charge in [-0.3, -0.25) is 9.36 Å². The van der Waals surface area contributed by atoms with Crippen LogP contribution >= 0.6 is 7.60 Å². The van der Waals surface area contributed by atoms with E-state index in [0.717, 1.165) is 33.5 Å². The van der Waals surface area contributed by atoms with E-state index in [-0.39, 0.29) is 19.1 Å². The summed E-state index contributed by atoms with van der Waals surface area (Å²) >= 11 is 0. The Kier molecular flexibility index (Phi) is 7.85. The highest BCUT2D eigenvalue weighted by Gasteiger charge is 2.43. The second kappa shape index (κ2) is 11.3. The molecule has 5 rings (SSSR count). The van der Waals surface area contributed by atoms with E-state index >= 15 is 0 Å². The fourth-order valence-corrected chi connectivity index (χ4v) is 7.49. The normalized spacial score (nSPS) is 19.9. The number of carboxylic acid groups (broad SMARTS) is 1. The van der Waals surface area contributed by atoms with Crippen LogP contribution in [0.4, 0.5) is 5.69 Å². The Morgan fingerprint density at radius 1 is 0.923 bits per heavy atom. The number of fused-ring (bicyclic) bond motifs is 3. The molecule has 3 unspecified atom stereocenters. The molecule has 0 amide bonds. The number of anilines is 1. The summed E-state index contributed by atoms with van der Waals surface area (Å²) in [7, 11) is -3.69. The summed E-state index contributed by atoms with van der Waals surface area (Å²) in [5, 5.41) is 10.4. The summed E-state index contributed by atoms with van der Waals surface area (Å²) in [6, 6.07) is 23.2. The van der Waals surface area contributed by atoms with Crippen molar-refractivity contribution in [2.75, 3.05) is 30.8 Å². The van der Waals surface area contributed by atoms with Gasteiger partial charge in [-0.25, -0.2) is 4.79 Å². The van der Waals surface area contributed by atoms with Crippen LogP contribution in [0.15, 0.2) is 84.9 Å². The lowest BCUT2D eigenvalue weighted by atomic mass is 9.86. The third kappa shape index (κ3) is 5.10. The predicted octanol–water partition coefficient (Wildman–Crippen LogP) is 6.13. The number of aliphatic carboxylic acids is 1. The van der Waals surface area contributed by atoms with Crippen molar-refractivity contribution in [3.8, 4) is 11.1 Å². The lowest BCUT2D eigenvalue weighted by molar-refractivity contribution is -0.141. The zero-order valence-corrected chi connectivity index (χ0v) is 22.9. The van der Waals surface area contributed by atoms with Crippen molar-refractivity contribution in [3.05, 3.63) is 102 Å². The standard InChI is InChI=1S/C31H32NO6P/c1-3-37-39(36,38-4-2)20-27(33)25-17-11-19-32(30(25)31(34)35)26-18-10-16-24-22-14-8-9-15-23(22)28(29(24)26)21-12-6-5-7-13-21/h5-18,25,28,30H,3-4,19-20H2,1-2H3,(H,34,35). The summed E-state index contributed by atoms with van der Waals surface area (Å²) in [4.78, 5) is 28.0. The van der Waals surface area contributed by atoms with Crippen LogP contribution in [-0.2, 0) is 23.2 Å². The van der Waals surface area contributed by atoms with Crippen molar-refractivity contribution in [2.24, 2.45) is 5.92 Å². The first-order chi connectivity index (χ1) is 18.9. The summed E-state index contributed by atoms with van der Waals surface area (Å²) in [5.41, 5.74) is 6.22. The number of nitrogens with zero attached hydrogens (tertiary/aromatic N) is 1. The molecule has 0 bridgehead atoms. The molecule has 202 valence electrons. The van der Waals surface area contributed by atoms with Crippen LogP contribution in [0.25, 0.3) is 11.1 Å². The van der Waals surface area contributed by atoms with E-state index in [9.17, 15) is 19.3 Å². The maximum absolute atomic E-state index is 13.5. The van der Waals surface area contributed by atoms with Gasteiger partial charge in [0.15, 0.2) is 5.78 Å². The Labute approximate surface area is 228 Å². The molecule has 0 fully saturated rings. The SMILES string of the molecule is CCOP(=O)(CC(=O)C1C=CCN(c2cccc3c2C(c2ccccc2)c2ccccc2-3)C1C(=O)O)OCC. The molecular weight excluding hydrogens is 513 g/mol. The zero-order valence-electron chi connectivity index (χ0n) is 22.0. The molecule has 2 aliphatic rings. The lowest BCUT2D eigenvalue weighted by Crippen LogP contribution is -2.51. The van der Waals surface area contributed by atoms with Gasteiger partial charge in [0.25, 0.3) is 0 Å². The number of carbonyl (C=O) groups excluding carboxylic acids is 1. The van der Waals surface area contributed by atoms with Crippen molar-refractivity contribution < 1.29 is 28.3 Å². The molecule has 0 aromatic heterocycles. The Hall–Kier alpha value is -3.51. The molecule has 39 heavy (non-hydrogen) atoms. The maximum Gasteiger partial charge on any atom is 0.338 e. The molecular formula is C31H32NO6P. The summed E-state index contributed by atoms with van der Waals surface area (Å²) in [5.74, 6) is -2.70. The summed E-state index contributed by atoms with van der Waals surface area (Å²) in [6.45, 7) is 3.92. The third-order valence-corrected chi connectivity index (χ3v) is 9.33. The van der Waals surface area contributed by atoms with Gasteiger partial charge in [-0.15, -0.1) is 0 Å². The van der Waals surface area contributed by atoms with Crippen molar-refractivity contribution in [3.63, 3.8) is 0 Å². The quantitative estimate of drug-likeness (QED) is 0.189. The molecule has 0 spiro atoms. The molecule has 0 saturated carbocycles. The molecule has 7 nitrogen and oxygen atoms in total. The Balaban J connectivity index is 1.58. The first-order valence-corrected chi connectivity index (χ1v) is 15.0. The minimum atomic E-state index is -3.69. The first kappa shape index (κ1) is 27.1. The highest BCUT2D eigenvalue weighted by Crippen LogP contribution is 2.52. The number of carboxylic acids is 1. The van der Waals surface area contributed by atoms with E-state index < -0.39 is 37.5 Å². The van der Waals surface area contributed by atoms with Gasteiger partial charge in [0, 0.05) is 18.2 Å². The van der Waals surface area contributed by atoms with E-state index in [0.29, 0.717) is 6.54 Å². The number of ketones is 1. The highest BCUT2D eigenvalue weighted by molar-refractivity contribution is 7.54. The van der Waals surface area contributed by atoms with E-state index in [1.54, 1.807) is 24.8 Å². The van der Waals surface area contributed by atoms with Crippen molar-refractivity contribution >= 4 is 25.0 Å². The monoisotopic (exact) mass is 545 g/mol. The van der Waals surface area contributed by atoms with E-state index in [4.69, 9.17) is 9.05 Å². The van der Waals surface area contributed by atoms with Gasteiger partial charge in [0.2, 0.25) is 0 Å². The Bertz CT molecular complexity index is 1440. The molecule has 1 aliphatic carbocycles.